The first-order valence-electron chi connectivity index (χ1n) is 7.18. The number of hydrogen-bond acceptors (Lipinski definition) is 2. The number of oxazole rings is 1. The normalized spacial score (nSPS) is 11.6. The molecule has 0 amide bonds. The zero-order chi connectivity index (χ0) is 14.9. The first kappa shape index (κ1) is 13.8. The molecule has 0 bridgehead atoms. The van der Waals surface area contributed by atoms with Crippen molar-refractivity contribution in [2.45, 2.75) is 19.6 Å². The van der Waals surface area contributed by atoms with Crippen molar-refractivity contribution >= 4 is 13.4 Å². The van der Waals surface area contributed by atoms with Crippen molar-refractivity contribution in [1.82, 2.24) is 4.98 Å². The van der Waals surface area contributed by atoms with Gasteiger partial charge in [-0.2, -0.15) is 0 Å². The van der Waals surface area contributed by atoms with E-state index in [2.05, 4.69) is 31.8 Å². The molecule has 0 aliphatic rings. The highest BCUT2D eigenvalue weighted by molar-refractivity contribution is 6.89. The minimum atomic E-state index is -1.58. The van der Waals surface area contributed by atoms with Gasteiger partial charge in [0.2, 0.25) is 5.89 Å². The minimum absolute atomic E-state index is 0.715. The highest BCUT2D eigenvalue weighted by atomic mass is 28.3. The van der Waals surface area contributed by atoms with Crippen LogP contribution < -0.4 is 5.32 Å². The lowest BCUT2D eigenvalue weighted by Gasteiger charge is -2.13. The molecule has 0 radical (unpaired) electrons. The van der Waals surface area contributed by atoms with Gasteiger partial charge in [-0.1, -0.05) is 68.2 Å². The van der Waals surface area contributed by atoms with Crippen LogP contribution >= 0.6 is 0 Å². The van der Waals surface area contributed by atoms with Gasteiger partial charge < -0.3 is 4.42 Å². The minimum Gasteiger partial charge on any atom is -0.436 e. The molecule has 1 heterocycles. The number of aromatic nitrogens is 1. The summed E-state index contributed by atoms with van der Waals surface area (Å²) in [6.45, 7) is 6.89. The molecule has 0 atom stereocenters. The average Bonchev–Trinajstić information content (AvgIpc) is 2.94. The Morgan fingerprint density at radius 2 is 1.29 bits per heavy atom. The Bertz CT molecular complexity index is 727. The molecule has 2 aromatic carbocycles. The van der Waals surface area contributed by atoms with Gasteiger partial charge in [-0.05, 0) is 12.1 Å². The zero-order valence-corrected chi connectivity index (χ0v) is 13.6. The molecule has 106 valence electrons. The average molecular weight is 293 g/mol. The van der Waals surface area contributed by atoms with Gasteiger partial charge >= 0.3 is 0 Å². The van der Waals surface area contributed by atoms with Gasteiger partial charge in [-0.3, -0.25) is 0 Å². The number of rotatable bonds is 3. The Hall–Kier alpha value is -2.13. The van der Waals surface area contributed by atoms with E-state index in [4.69, 9.17) is 9.40 Å². The zero-order valence-electron chi connectivity index (χ0n) is 12.6. The first-order chi connectivity index (χ1) is 10.1. The van der Waals surface area contributed by atoms with Crippen LogP contribution in [0, 0.1) is 0 Å². The van der Waals surface area contributed by atoms with Crippen LogP contribution in [0.25, 0.3) is 22.8 Å². The summed E-state index contributed by atoms with van der Waals surface area (Å²) in [7, 11) is -1.58. The summed E-state index contributed by atoms with van der Waals surface area (Å²) < 4.78 is 6.14. The third kappa shape index (κ3) is 2.83. The Morgan fingerprint density at radius 1 is 0.762 bits per heavy atom. The van der Waals surface area contributed by atoms with Gasteiger partial charge in [0.05, 0.1) is 5.32 Å². The molecule has 1 aromatic heterocycles. The molecule has 0 aliphatic carbocycles. The SMILES string of the molecule is C[Si](C)(C)c1nc(-c2ccccc2)oc1-c1ccccc1. The fourth-order valence-corrected chi connectivity index (χ4v) is 3.63. The molecule has 0 fully saturated rings. The Morgan fingerprint density at radius 3 is 1.81 bits per heavy atom. The van der Waals surface area contributed by atoms with Crippen LogP contribution in [0.5, 0.6) is 0 Å². The lowest BCUT2D eigenvalue weighted by atomic mass is 10.2. The maximum Gasteiger partial charge on any atom is 0.226 e. The maximum atomic E-state index is 6.14. The van der Waals surface area contributed by atoms with Crippen molar-refractivity contribution < 1.29 is 4.42 Å². The summed E-state index contributed by atoms with van der Waals surface area (Å²) in [4.78, 5) is 4.82. The highest BCUT2D eigenvalue weighted by Crippen LogP contribution is 2.26. The van der Waals surface area contributed by atoms with E-state index in [0.29, 0.717) is 5.89 Å². The van der Waals surface area contributed by atoms with Crippen molar-refractivity contribution in [3.8, 4) is 22.8 Å². The van der Waals surface area contributed by atoms with Gasteiger partial charge in [-0.25, -0.2) is 4.98 Å². The van der Waals surface area contributed by atoms with E-state index in [1.165, 1.54) is 0 Å². The van der Waals surface area contributed by atoms with Crippen LogP contribution in [0.1, 0.15) is 0 Å². The van der Waals surface area contributed by atoms with Crippen molar-refractivity contribution in [2.24, 2.45) is 0 Å². The van der Waals surface area contributed by atoms with Gasteiger partial charge in [0, 0.05) is 11.1 Å². The van der Waals surface area contributed by atoms with Crippen LogP contribution in [0.2, 0.25) is 19.6 Å². The molecular weight excluding hydrogens is 274 g/mol. The summed E-state index contributed by atoms with van der Waals surface area (Å²) in [5.74, 6) is 1.64. The van der Waals surface area contributed by atoms with E-state index in [9.17, 15) is 0 Å². The number of hydrogen-bond donors (Lipinski definition) is 0. The Kier molecular flexibility index (Phi) is 3.51. The van der Waals surface area contributed by atoms with Crippen molar-refractivity contribution in [2.75, 3.05) is 0 Å². The molecule has 3 aromatic rings. The first-order valence-corrected chi connectivity index (χ1v) is 10.7. The van der Waals surface area contributed by atoms with Crippen molar-refractivity contribution in [1.29, 1.82) is 0 Å². The van der Waals surface area contributed by atoms with Crippen LogP contribution in [-0.4, -0.2) is 13.1 Å². The van der Waals surface area contributed by atoms with Crippen LogP contribution in [0.15, 0.2) is 65.1 Å². The lowest BCUT2D eigenvalue weighted by molar-refractivity contribution is 0.589. The molecular formula is C18H19NOSi. The van der Waals surface area contributed by atoms with E-state index >= 15 is 0 Å². The monoisotopic (exact) mass is 293 g/mol. The standard InChI is InChI=1S/C18H19NOSi/c1-21(2,3)18-16(14-10-6-4-7-11-14)20-17(19-18)15-12-8-5-9-13-15/h4-13H,1-3H3. The Labute approximate surface area is 126 Å². The lowest BCUT2D eigenvalue weighted by Crippen LogP contribution is -2.39. The summed E-state index contributed by atoms with van der Waals surface area (Å²) in [6, 6.07) is 20.4. The second-order valence-corrected chi connectivity index (χ2v) is 11.2. The van der Waals surface area contributed by atoms with E-state index < -0.39 is 8.07 Å². The third-order valence-corrected chi connectivity index (χ3v) is 5.15. The molecule has 0 saturated heterocycles. The maximum absolute atomic E-state index is 6.14. The van der Waals surface area contributed by atoms with E-state index in [0.717, 1.165) is 22.2 Å². The van der Waals surface area contributed by atoms with Crippen LogP contribution in [0.4, 0.5) is 0 Å². The molecule has 0 aliphatic heterocycles. The largest absolute Gasteiger partial charge is 0.436 e. The number of benzene rings is 2. The predicted molar refractivity (Wildman–Crippen MR) is 90.4 cm³/mol. The van der Waals surface area contributed by atoms with Gasteiger partial charge in [0.25, 0.3) is 0 Å². The molecule has 0 spiro atoms. The van der Waals surface area contributed by atoms with E-state index in [1.807, 2.05) is 48.5 Å². The summed E-state index contributed by atoms with van der Waals surface area (Å²) in [5.41, 5.74) is 2.13. The molecule has 0 N–H and O–H groups in total. The third-order valence-electron chi connectivity index (χ3n) is 3.39. The second-order valence-electron chi connectivity index (χ2n) is 6.18. The van der Waals surface area contributed by atoms with Gasteiger partial charge in [0.1, 0.15) is 8.07 Å². The van der Waals surface area contributed by atoms with Crippen LogP contribution in [0.3, 0.4) is 0 Å². The predicted octanol–water partition coefficient (Wildman–Crippen LogP) is 4.55. The second kappa shape index (κ2) is 5.33. The topological polar surface area (TPSA) is 26.0 Å². The quantitative estimate of drug-likeness (QED) is 0.662. The van der Waals surface area contributed by atoms with Crippen molar-refractivity contribution in [3.05, 3.63) is 60.7 Å². The smallest absolute Gasteiger partial charge is 0.226 e. The molecule has 0 unspecified atom stereocenters. The molecule has 3 heteroatoms. The molecule has 0 saturated carbocycles. The van der Waals surface area contributed by atoms with Gasteiger partial charge in [0.15, 0.2) is 5.76 Å². The number of nitrogens with zero attached hydrogens (tertiary/aromatic N) is 1. The van der Waals surface area contributed by atoms with E-state index in [1.54, 1.807) is 0 Å². The Balaban J connectivity index is 2.17. The fraction of sp³-hybridized carbons (Fsp3) is 0.167. The van der Waals surface area contributed by atoms with Crippen molar-refractivity contribution in [3.63, 3.8) is 0 Å². The molecule has 21 heavy (non-hydrogen) atoms. The molecule has 2 nitrogen and oxygen atoms in total. The molecule has 3 rings (SSSR count). The van der Waals surface area contributed by atoms with Gasteiger partial charge in [-0.15, -0.1) is 0 Å². The van der Waals surface area contributed by atoms with Crippen LogP contribution in [-0.2, 0) is 0 Å². The van der Waals surface area contributed by atoms with E-state index in [-0.39, 0.29) is 0 Å². The summed E-state index contributed by atoms with van der Waals surface area (Å²) in [5, 5.41) is 1.13. The highest BCUT2D eigenvalue weighted by Gasteiger charge is 2.27. The fourth-order valence-electron chi connectivity index (χ4n) is 2.32. The summed E-state index contributed by atoms with van der Waals surface area (Å²) in [6.07, 6.45) is 0. The summed E-state index contributed by atoms with van der Waals surface area (Å²) >= 11 is 0.